The zero-order valence-electron chi connectivity index (χ0n) is 20.9. The smallest absolute Gasteiger partial charge is 0.329 e. The Hall–Kier alpha value is -3.88. The Labute approximate surface area is 208 Å². The number of halogens is 1. The van der Waals surface area contributed by atoms with E-state index in [9.17, 15) is 9.18 Å². The van der Waals surface area contributed by atoms with Crippen molar-refractivity contribution in [1.82, 2.24) is 19.3 Å². The molecule has 0 aliphatic carbocycles. The number of hydrogen-bond acceptors (Lipinski definition) is 6. The molecule has 0 amide bonds. The second-order valence-electron chi connectivity index (χ2n) is 9.37. The Morgan fingerprint density at radius 2 is 1.94 bits per heavy atom. The molecule has 2 aromatic carbocycles. The maximum Gasteiger partial charge on any atom is 0.329 e. The number of nitrogens with zero attached hydrogens (tertiary/aromatic N) is 5. The average molecular weight is 492 g/mol. The lowest BCUT2D eigenvalue weighted by atomic mass is 10.2. The molecule has 188 valence electrons. The Bertz CT molecular complexity index is 1440. The van der Waals surface area contributed by atoms with Gasteiger partial charge in [0.25, 0.3) is 0 Å². The lowest BCUT2D eigenvalue weighted by Crippen LogP contribution is -2.30. The number of aryl methyl sites for hydroxylation is 1. The summed E-state index contributed by atoms with van der Waals surface area (Å²) in [5.74, 6) is 0.940. The molecule has 1 aliphatic rings. The molecule has 0 radical (unpaired) electrons. The summed E-state index contributed by atoms with van der Waals surface area (Å²) in [5.41, 5.74) is 3.33. The number of imidazole rings is 1. The molecule has 9 heteroatoms. The lowest BCUT2D eigenvalue weighted by molar-refractivity contribution is 0.237. The molecule has 0 bridgehead atoms. The molecule has 1 aliphatic heterocycles. The lowest BCUT2D eigenvalue weighted by Gasteiger charge is -2.21. The number of hydrogen-bond donors (Lipinski definition) is 0. The van der Waals surface area contributed by atoms with E-state index in [-0.39, 0.29) is 30.2 Å². The van der Waals surface area contributed by atoms with Gasteiger partial charge in [0.1, 0.15) is 28.5 Å². The number of aromatic nitrogens is 4. The summed E-state index contributed by atoms with van der Waals surface area (Å²) in [7, 11) is 1.59. The van der Waals surface area contributed by atoms with Crippen molar-refractivity contribution in [3.05, 3.63) is 76.2 Å². The molecule has 0 spiro atoms. The highest BCUT2D eigenvalue weighted by atomic mass is 19.1. The van der Waals surface area contributed by atoms with E-state index in [1.807, 2.05) is 54.5 Å². The van der Waals surface area contributed by atoms with Crippen LogP contribution in [-0.4, -0.2) is 45.6 Å². The van der Waals surface area contributed by atoms with Gasteiger partial charge in [-0.15, -0.1) is 5.10 Å². The second-order valence-corrected chi connectivity index (χ2v) is 9.37. The topological polar surface area (TPSA) is 74.4 Å². The predicted molar refractivity (Wildman–Crippen MR) is 137 cm³/mol. The van der Waals surface area contributed by atoms with Crippen molar-refractivity contribution in [2.24, 2.45) is 0 Å². The maximum absolute atomic E-state index is 14.7. The fourth-order valence-corrected chi connectivity index (χ4v) is 5.12. The van der Waals surface area contributed by atoms with Gasteiger partial charge in [-0.2, -0.15) is 5.10 Å². The molecular formula is C27H30FN5O3. The zero-order chi connectivity index (χ0) is 25.4. The quantitative estimate of drug-likeness (QED) is 0.383. The average Bonchev–Trinajstić information content (AvgIpc) is 3.42. The van der Waals surface area contributed by atoms with E-state index in [1.54, 1.807) is 30.0 Å². The van der Waals surface area contributed by atoms with Crippen molar-refractivity contribution in [2.45, 2.75) is 45.9 Å². The van der Waals surface area contributed by atoms with Crippen LogP contribution in [0, 0.1) is 12.7 Å². The van der Waals surface area contributed by atoms with E-state index in [4.69, 9.17) is 9.47 Å². The van der Waals surface area contributed by atoms with Gasteiger partial charge >= 0.3 is 5.69 Å². The standard InChI is InChI=1S/C27H30FN5O3/c1-17(2)36-23-11-13-29-30-21(23)16-32-26-22(9-6-10-24(26)35-4)33(27(32)34)19-12-14-31(15-19)25-18(3)7-5-8-20(25)28/h5-11,13,17,19H,12,14-16H2,1-4H3/t19-/m1/s1. The minimum absolute atomic E-state index is 0.0492. The molecule has 8 nitrogen and oxygen atoms in total. The summed E-state index contributed by atoms with van der Waals surface area (Å²) in [4.78, 5) is 16.0. The number of methoxy groups -OCH3 is 1. The third kappa shape index (κ3) is 4.19. The predicted octanol–water partition coefficient (Wildman–Crippen LogP) is 4.34. The van der Waals surface area contributed by atoms with Crippen LogP contribution in [0.2, 0.25) is 0 Å². The zero-order valence-corrected chi connectivity index (χ0v) is 20.9. The summed E-state index contributed by atoms with van der Waals surface area (Å²) in [6, 6.07) is 12.4. The van der Waals surface area contributed by atoms with Crippen LogP contribution in [0.25, 0.3) is 11.0 Å². The first-order chi connectivity index (χ1) is 17.4. The van der Waals surface area contributed by atoms with Gasteiger partial charge in [-0.25, -0.2) is 9.18 Å². The van der Waals surface area contributed by atoms with E-state index in [0.717, 1.165) is 17.5 Å². The molecule has 1 fully saturated rings. The van der Waals surface area contributed by atoms with Crippen molar-refractivity contribution >= 4 is 16.7 Å². The highest BCUT2D eigenvalue weighted by Gasteiger charge is 2.31. The summed E-state index contributed by atoms with van der Waals surface area (Å²) < 4.78 is 29.7. The third-order valence-corrected chi connectivity index (χ3v) is 6.62. The molecule has 1 atom stereocenters. The number of ether oxygens (including phenoxy) is 2. The highest BCUT2D eigenvalue weighted by Crippen LogP contribution is 2.34. The number of anilines is 1. The monoisotopic (exact) mass is 491 g/mol. The Morgan fingerprint density at radius 1 is 1.14 bits per heavy atom. The Morgan fingerprint density at radius 3 is 2.69 bits per heavy atom. The molecule has 4 aromatic rings. The van der Waals surface area contributed by atoms with Crippen LogP contribution in [0.3, 0.4) is 0 Å². The van der Waals surface area contributed by atoms with Gasteiger partial charge in [0.2, 0.25) is 0 Å². The van der Waals surface area contributed by atoms with Crippen molar-refractivity contribution < 1.29 is 13.9 Å². The van der Waals surface area contributed by atoms with Crippen molar-refractivity contribution in [2.75, 3.05) is 25.1 Å². The molecule has 0 N–H and O–H groups in total. The first-order valence-electron chi connectivity index (χ1n) is 12.1. The van der Waals surface area contributed by atoms with Crippen molar-refractivity contribution in [3.63, 3.8) is 0 Å². The summed E-state index contributed by atoms with van der Waals surface area (Å²) in [6.07, 6.45) is 2.24. The Kier molecular flexibility index (Phi) is 6.38. The van der Waals surface area contributed by atoms with Crippen LogP contribution in [0.1, 0.15) is 37.6 Å². The van der Waals surface area contributed by atoms with Crippen molar-refractivity contribution in [1.29, 1.82) is 0 Å². The summed E-state index contributed by atoms with van der Waals surface area (Å²) in [5, 5.41) is 8.29. The van der Waals surface area contributed by atoms with Gasteiger partial charge < -0.3 is 14.4 Å². The second kappa shape index (κ2) is 9.64. The van der Waals surface area contributed by atoms with Gasteiger partial charge in [0, 0.05) is 19.2 Å². The van der Waals surface area contributed by atoms with Crippen LogP contribution in [0.15, 0.2) is 53.5 Å². The van der Waals surface area contributed by atoms with Gasteiger partial charge in [0.15, 0.2) is 0 Å². The van der Waals surface area contributed by atoms with E-state index in [2.05, 4.69) is 10.2 Å². The van der Waals surface area contributed by atoms with Gasteiger partial charge in [-0.3, -0.25) is 9.13 Å². The number of fused-ring (bicyclic) bond motifs is 1. The normalized spacial score (nSPS) is 15.7. The largest absolute Gasteiger partial charge is 0.494 e. The molecule has 1 saturated heterocycles. The molecule has 2 aromatic heterocycles. The summed E-state index contributed by atoms with van der Waals surface area (Å²) in [6.45, 7) is 7.16. The fourth-order valence-electron chi connectivity index (χ4n) is 5.12. The van der Waals surface area contributed by atoms with E-state index < -0.39 is 0 Å². The van der Waals surface area contributed by atoms with Gasteiger partial charge in [-0.1, -0.05) is 18.2 Å². The number of rotatable bonds is 7. The molecule has 36 heavy (non-hydrogen) atoms. The first-order valence-corrected chi connectivity index (χ1v) is 12.1. The molecule has 0 unspecified atom stereocenters. The molecular weight excluding hydrogens is 461 g/mol. The molecule has 0 saturated carbocycles. The molecule has 3 heterocycles. The highest BCUT2D eigenvalue weighted by molar-refractivity contribution is 5.83. The van der Waals surface area contributed by atoms with E-state index in [1.165, 1.54) is 6.07 Å². The number of para-hydroxylation sites is 2. The minimum Gasteiger partial charge on any atom is -0.494 e. The molecule has 5 rings (SSSR count). The fraction of sp³-hybridized carbons (Fsp3) is 0.370. The van der Waals surface area contributed by atoms with Crippen molar-refractivity contribution in [3.8, 4) is 11.5 Å². The van der Waals surface area contributed by atoms with Gasteiger partial charge in [0.05, 0.1) is 43.2 Å². The minimum atomic E-state index is -0.243. The van der Waals surface area contributed by atoms with Crippen LogP contribution in [0.4, 0.5) is 10.1 Å². The summed E-state index contributed by atoms with van der Waals surface area (Å²) >= 11 is 0. The van der Waals surface area contributed by atoms with Crippen LogP contribution in [0.5, 0.6) is 11.5 Å². The van der Waals surface area contributed by atoms with Gasteiger partial charge in [-0.05, 0) is 51.0 Å². The van der Waals surface area contributed by atoms with Crippen LogP contribution < -0.4 is 20.1 Å². The third-order valence-electron chi connectivity index (χ3n) is 6.62. The number of benzene rings is 2. The van der Waals surface area contributed by atoms with Crippen LogP contribution >= 0.6 is 0 Å². The Balaban J connectivity index is 1.59. The SMILES string of the molecule is COc1cccc2c1n(Cc1nnccc1OC(C)C)c(=O)n2[C@@H]1CCN(c2c(C)cccc2F)C1. The first kappa shape index (κ1) is 23.8. The van der Waals surface area contributed by atoms with E-state index in [0.29, 0.717) is 41.5 Å². The van der Waals surface area contributed by atoms with Crippen LogP contribution in [-0.2, 0) is 6.54 Å². The maximum atomic E-state index is 14.7. The van der Waals surface area contributed by atoms with E-state index >= 15 is 0 Å².